The van der Waals surface area contributed by atoms with Crippen LogP contribution in [0, 0.1) is 0 Å². The number of nitrogens with one attached hydrogen (secondary N) is 2. The number of hydrogen-bond donors (Lipinski definition) is 2. The molecule has 0 aromatic heterocycles. The second kappa shape index (κ2) is 12.0. The van der Waals surface area contributed by atoms with Crippen molar-refractivity contribution in [2.75, 3.05) is 7.05 Å². The van der Waals surface area contributed by atoms with Crippen molar-refractivity contribution in [1.82, 2.24) is 10.6 Å². The Kier molecular flexibility index (Phi) is 8.50. The lowest BCUT2D eigenvalue weighted by molar-refractivity contribution is -0.137. The van der Waals surface area contributed by atoms with E-state index in [9.17, 15) is 18.0 Å². The minimum Gasteiger partial charge on any atom is -0.465 e. The number of amides is 1. The first kappa shape index (κ1) is 26.3. The molecule has 8 heteroatoms. The van der Waals surface area contributed by atoms with Gasteiger partial charge in [0.25, 0.3) is 0 Å². The van der Waals surface area contributed by atoms with Gasteiger partial charge in [0.05, 0.1) is 11.6 Å². The number of carbonyl (C=O) groups excluding carboxylic acids is 1. The molecule has 1 heterocycles. The van der Waals surface area contributed by atoms with Gasteiger partial charge in [-0.05, 0) is 54.5 Å². The van der Waals surface area contributed by atoms with Crippen molar-refractivity contribution >= 4 is 5.91 Å². The van der Waals surface area contributed by atoms with Crippen molar-refractivity contribution in [2.24, 2.45) is 0 Å². The fraction of sp³-hybridized carbons (Fsp3) is 0.276. The van der Waals surface area contributed by atoms with Crippen molar-refractivity contribution in [3.63, 3.8) is 0 Å². The van der Waals surface area contributed by atoms with Gasteiger partial charge < -0.3 is 14.8 Å². The van der Waals surface area contributed by atoms with Crippen LogP contribution >= 0.6 is 0 Å². The van der Waals surface area contributed by atoms with E-state index in [1.807, 2.05) is 42.5 Å². The van der Waals surface area contributed by atoms with E-state index >= 15 is 0 Å². The van der Waals surface area contributed by atoms with Crippen LogP contribution in [0.4, 0.5) is 13.2 Å². The summed E-state index contributed by atoms with van der Waals surface area (Å²) in [6, 6.07) is 13.3. The van der Waals surface area contributed by atoms with E-state index in [1.54, 1.807) is 13.3 Å². The molecule has 2 aliphatic rings. The van der Waals surface area contributed by atoms with Crippen molar-refractivity contribution < 1.29 is 27.4 Å². The molecule has 1 aliphatic heterocycles. The molecule has 0 unspecified atom stereocenters. The second-order valence-electron chi connectivity index (χ2n) is 8.81. The number of aryl methyl sites for hydroxylation is 1. The average molecular weight is 511 g/mol. The zero-order chi connectivity index (χ0) is 26.3. The fourth-order valence-corrected chi connectivity index (χ4v) is 4.23. The summed E-state index contributed by atoms with van der Waals surface area (Å²) >= 11 is 0. The quantitative estimate of drug-likeness (QED) is 0.429. The van der Waals surface area contributed by atoms with Crippen LogP contribution in [0.2, 0.25) is 0 Å². The normalized spacial score (nSPS) is 16.9. The summed E-state index contributed by atoms with van der Waals surface area (Å²) < 4.78 is 50.8. The molecule has 2 aromatic rings. The maximum atomic E-state index is 13.0. The Morgan fingerprint density at radius 2 is 1.81 bits per heavy atom. The smallest absolute Gasteiger partial charge is 0.416 e. The highest BCUT2D eigenvalue weighted by Crippen LogP contribution is 2.31. The van der Waals surface area contributed by atoms with E-state index in [4.69, 9.17) is 9.47 Å². The lowest BCUT2D eigenvalue weighted by Gasteiger charge is -2.29. The molecule has 194 valence electrons. The number of allylic oxidation sites excluding steroid dienone is 4. The van der Waals surface area contributed by atoms with Gasteiger partial charge in [0.15, 0.2) is 11.5 Å². The van der Waals surface area contributed by atoms with E-state index in [0.717, 1.165) is 41.7 Å². The van der Waals surface area contributed by atoms with Gasteiger partial charge in [-0.15, -0.1) is 0 Å². The Bertz CT molecular complexity index is 1200. The Balaban J connectivity index is 1.57. The Morgan fingerprint density at radius 1 is 1.05 bits per heavy atom. The van der Waals surface area contributed by atoms with Crippen molar-refractivity contribution in [2.45, 2.75) is 43.9 Å². The molecule has 1 amide bonds. The Labute approximate surface area is 214 Å². The van der Waals surface area contributed by atoms with Gasteiger partial charge in [-0.3, -0.25) is 10.1 Å². The van der Waals surface area contributed by atoms with Crippen LogP contribution in [-0.4, -0.2) is 19.0 Å². The third-order valence-corrected chi connectivity index (χ3v) is 6.27. The lowest BCUT2D eigenvalue weighted by Crippen LogP contribution is -2.43. The van der Waals surface area contributed by atoms with E-state index in [1.165, 1.54) is 18.4 Å². The van der Waals surface area contributed by atoms with Crippen molar-refractivity contribution in [3.8, 4) is 0 Å². The number of carbonyl (C=O) groups is 1. The highest BCUT2D eigenvalue weighted by Gasteiger charge is 2.31. The number of likely N-dealkylation sites (N-methyl/N-ethyl adjacent to an activating group) is 1. The third-order valence-electron chi connectivity index (χ3n) is 6.27. The van der Waals surface area contributed by atoms with E-state index < -0.39 is 23.8 Å². The van der Waals surface area contributed by atoms with Gasteiger partial charge in [-0.25, -0.2) is 0 Å². The predicted molar refractivity (Wildman–Crippen MR) is 135 cm³/mol. The monoisotopic (exact) mass is 510 g/mol. The van der Waals surface area contributed by atoms with Crippen molar-refractivity contribution in [1.29, 1.82) is 0 Å². The largest absolute Gasteiger partial charge is 0.465 e. The van der Waals surface area contributed by atoms with Crippen LogP contribution in [0.1, 0.15) is 42.0 Å². The van der Waals surface area contributed by atoms with Gasteiger partial charge in [0, 0.05) is 7.05 Å². The minimum absolute atomic E-state index is 0.223. The van der Waals surface area contributed by atoms with Crippen LogP contribution in [0.25, 0.3) is 0 Å². The summed E-state index contributed by atoms with van der Waals surface area (Å²) in [5, 5.41) is 6.09. The molecule has 0 bridgehead atoms. The summed E-state index contributed by atoms with van der Waals surface area (Å²) in [5.41, 5.74) is 1.82. The molecule has 0 radical (unpaired) electrons. The second-order valence-corrected chi connectivity index (χ2v) is 8.81. The molecular weight excluding hydrogens is 481 g/mol. The summed E-state index contributed by atoms with van der Waals surface area (Å²) in [7, 11) is 1.57. The van der Waals surface area contributed by atoms with Crippen LogP contribution < -0.4 is 10.6 Å². The molecule has 0 spiro atoms. The summed E-state index contributed by atoms with van der Waals surface area (Å²) in [4.78, 5) is 12.8. The standard InChI is InChI=1S/C29H29F3N2O3/c1-33-28(35)27(22-10-6-3-7-11-22)34-24(17-14-20-12-15-23(16-13-20)29(30,31)32)26-19-36-18-25(37-26)21-8-4-2-5-9-21/h2-4,6-8,10-13,15-16,18-19,24,27,34H,5,9,14,17H2,1H3,(H,33,35)/t24-,27-/m1/s1. The number of alkyl halides is 3. The predicted octanol–water partition coefficient (Wildman–Crippen LogP) is 6.09. The highest BCUT2D eigenvalue weighted by atomic mass is 19.4. The lowest BCUT2D eigenvalue weighted by atomic mass is 9.99. The Morgan fingerprint density at radius 3 is 2.46 bits per heavy atom. The van der Waals surface area contributed by atoms with Crippen LogP contribution in [-0.2, 0) is 26.9 Å². The topological polar surface area (TPSA) is 59.6 Å². The molecule has 2 N–H and O–H groups in total. The SMILES string of the molecule is CNC(=O)[C@H](N[C@H](CCc1ccc(C(F)(F)F)cc1)C1=COC=C(C2=CC=CCC2)O1)c1ccccc1. The van der Waals surface area contributed by atoms with Gasteiger partial charge in [0.1, 0.15) is 18.6 Å². The zero-order valence-corrected chi connectivity index (χ0v) is 20.4. The number of benzene rings is 2. The molecule has 4 rings (SSSR count). The summed E-state index contributed by atoms with van der Waals surface area (Å²) in [6.45, 7) is 0. The first-order valence-corrected chi connectivity index (χ1v) is 12.1. The maximum absolute atomic E-state index is 13.0. The van der Waals surface area contributed by atoms with E-state index in [2.05, 4.69) is 16.7 Å². The molecule has 0 saturated carbocycles. The molecule has 0 saturated heterocycles. The molecule has 2 atom stereocenters. The molecule has 5 nitrogen and oxygen atoms in total. The first-order chi connectivity index (χ1) is 17.8. The van der Waals surface area contributed by atoms with Crippen LogP contribution in [0.5, 0.6) is 0 Å². The molecule has 0 fully saturated rings. The molecule has 1 aliphatic carbocycles. The van der Waals surface area contributed by atoms with Crippen LogP contribution in [0.3, 0.4) is 0 Å². The zero-order valence-electron chi connectivity index (χ0n) is 20.4. The number of halogens is 3. The maximum Gasteiger partial charge on any atom is 0.416 e. The Hall–Kier alpha value is -3.78. The third kappa shape index (κ3) is 6.92. The number of hydrogen-bond acceptors (Lipinski definition) is 4. The molecule has 37 heavy (non-hydrogen) atoms. The molecular formula is C29H29F3N2O3. The number of rotatable bonds is 9. The van der Waals surface area contributed by atoms with E-state index in [0.29, 0.717) is 24.4 Å². The highest BCUT2D eigenvalue weighted by molar-refractivity contribution is 5.83. The minimum atomic E-state index is -4.39. The van der Waals surface area contributed by atoms with E-state index in [-0.39, 0.29) is 5.91 Å². The van der Waals surface area contributed by atoms with Gasteiger partial charge in [-0.1, -0.05) is 60.7 Å². The number of ether oxygens (including phenoxy) is 2. The van der Waals surface area contributed by atoms with Gasteiger partial charge >= 0.3 is 6.18 Å². The first-order valence-electron chi connectivity index (χ1n) is 12.1. The summed E-state index contributed by atoms with van der Waals surface area (Å²) in [6.07, 6.45) is 7.30. The summed E-state index contributed by atoms with van der Waals surface area (Å²) in [5.74, 6) is 0.864. The van der Waals surface area contributed by atoms with Crippen LogP contribution in [0.15, 0.2) is 102 Å². The average Bonchev–Trinajstić information content (AvgIpc) is 2.93. The molecule has 2 aromatic carbocycles. The van der Waals surface area contributed by atoms with Gasteiger partial charge in [-0.2, -0.15) is 13.2 Å². The van der Waals surface area contributed by atoms with Gasteiger partial charge in [0.2, 0.25) is 5.91 Å². The van der Waals surface area contributed by atoms with Crippen molar-refractivity contribution in [3.05, 3.63) is 119 Å². The fourth-order valence-electron chi connectivity index (χ4n) is 4.23.